The van der Waals surface area contributed by atoms with E-state index < -0.39 is 0 Å². The van der Waals surface area contributed by atoms with Crippen LogP contribution in [0.25, 0.3) is 11.1 Å². The van der Waals surface area contributed by atoms with Crippen molar-refractivity contribution in [1.82, 2.24) is 19.6 Å². The highest BCUT2D eigenvalue weighted by Gasteiger charge is 2.54. The molecule has 9 heteroatoms. The number of likely N-dealkylation sites (N-methyl/N-ethyl adjacent to an activating group) is 1. The molecule has 0 unspecified atom stereocenters. The summed E-state index contributed by atoms with van der Waals surface area (Å²) < 4.78 is 2.17. The number of benzene rings is 1. The fourth-order valence-electron chi connectivity index (χ4n) is 6.78. The van der Waals surface area contributed by atoms with Crippen molar-refractivity contribution < 1.29 is 4.79 Å². The lowest BCUT2D eigenvalue weighted by atomic mass is 9.60. The van der Waals surface area contributed by atoms with Crippen LogP contribution in [-0.2, 0) is 4.79 Å². The number of halogens is 1. The van der Waals surface area contributed by atoms with Crippen LogP contribution in [0.15, 0.2) is 18.7 Å². The number of piperazine rings is 1. The Morgan fingerprint density at radius 1 is 1.22 bits per heavy atom. The van der Waals surface area contributed by atoms with Crippen molar-refractivity contribution in [3.63, 3.8) is 0 Å². The second-order valence-electron chi connectivity index (χ2n) is 11.9. The van der Waals surface area contributed by atoms with E-state index >= 15 is 0 Å². The molecular weight excluding hydrogens is 486 g/mol. The van der Waals surface area contributed by atoms with Gasteiger partial charge in [0.15, 0.2) is 5.82 Å². The Hall–Kier alpha value is -2.84. The lowest BCUT2D eigenvalue weighted by Gasteiger charge is -2.58. The summed E-state index contributed by atoms with van der Waals surface area (Å²) in [5.74, 6) is 0.917. The summed E-state index contributed by atoms with van der Waals surface area (Å²) in [5.41, 5.74) is 11.3. The molecule has 1 spiro atoms. The molecule has 2 aliphatic heterocycles. The highest BCUT2D eigenvalue weighted by molar-refractivity contribution is 6.35. The second kappa shape index (κ2) is 8.88. The third-order valence-corrected chi connectivity index (χ3v) is 9.10. The molecule has 1 aliphatic carbocycles. The first-order valence-corrected chi connectivity index (χ1v) is 13.4. The largest absolute Gasteiger partial charge is 0.398 e. The summed E-state index contributed by atoms with van der Waals surface area (Å²) in [6.45, 7) is 16.5. The Labute approximate surface area is 224 Å². The first-order valence-electron chi connectivity index (χ1n) is 13.0. The normalized spacial score (nSPS) is 21.0. The zero-order chi connectivity index (χ0) is 26.9. The number of aryl methyl sites for hydroxylation is 1. The summed E-state index contributed by atoms with van der Waals surface area (Å²) in [6, 6.07) is 2.10. The van der Waals surface area contributed by atoms with E-state index in [1.165, 1.54) is 12.3 Å². The molecule has 8 nitrogen and oxygen atoms in total. The van der Waals surface area contributed by atoms with Crippen LogP contribution in [0.5, 0.6) is 0 Å². The molecule has 3 N–H and O–H groups in total. The van der Waals surface area contributed by atoms with Crippen molar-refractivity contribution in [2.24, 2.45) is 5.41 Å². The van der Waals surface area contributed by atoms with Crippen LogP contribution in [0.2, 0.25) is 5.02 Å². The fourth-order valence-corrected chi connectivity index (χ4v) is 7.04. The van der Waals surface area contributed by atoms with E-state index in [2.05, 4.69) is 48.9 Å². The molecule has 1 amide bonds. The average molecular weight is 524 g/mol. The molecule has 0 radical (unpaired) electrons. The Kier molecular flexibility index (Phi) is 6.19. The van der Waals surface area contributed by atoms with Crippen LogP contribution in [0, 0.1) is 24.7 Å². The van der Waals surface area contributed by atoms with Crippen molar-refractivity contribution in [2.75, 3.05) is 50.4 Å². The third kappa shape index (κ3) is 4.05. The maximum absolute atomic E-state index is 12.0. The number of nitrogens with one attached hydrogen (secondary N) is 1. The molecule has 37 heavy (non-hydrogen) atoms. The Morgan fingerprint density at radius 3 is 2.49 bits per heavy atom. The molecule has 0 bridgehead atoms. The van der Waals surface area contributed by atoms with Gasteiger partial charge in [-0.05, 0) is 65.3 Å². The standard InChI is InChI=1S/C28H38ClN7O/c1-7-22(37)34-15-28(16-34)11-19(12-28)36-18(3)23(24-20(13-30)21(31)10-17(2)25(24)29)26(32-36)35-9-8-33(6)14-27(35,4)5/h7,10,13,19,30H,1,8-9,11-12,14-16,31H2,2-6H3. The van der Waals surface area contributed by atoms with Gasteiger partial charge in [0.2, 0.25) is 5.91 Å². The number of aromatic nitrogens is 2. The number of nitrogens with zero attached hydrogens (tertiary/aromatic N) is 5. The topological polar surface area (TPSA) is 94.5 Å². The number of carbonyl (C=O) groups is 1. The van der Waals surface area contributed by atoms with Gasteiger partial charge in [0, 0.05) is 78.0 Å². The van der Waals surface area contributed by atoms with Crippen molar-refractivity contribution in [3.8, 4) is 11.1 Å². The minimum Gasteiger partial charge on any atom is -0.398 e. The van der Waals surface area contributed by atoms with Crippen molar-refractivity contribution in [2.45, 2.75) is 52.1 Å². The van der Waals surface area contributed by atoms with Gasteiger partial charge in [0.1, 0.15) is 0 Å². The maximum Gasteiger partial charge on any atom is 0.245 e. The van der Waals surface area contributed by atoms with Crippen LogP contribution < -0.4 is 10.6 Å². The zero-order valence-corrected chi connectivity index (χ0v) is 23.3. The van der Waals surface area contributed by atoms with E-state index in [1.807, 2.05) is 17.9 Å². The molecule has 198 valence electrons. The summed E-state index contributed by atoms with van der Waals surface area (Å²) in [5, 5.41) is 14.1. The third-order valence-electron chi connectivity index (χ3n) is 8.61. The molecule has 1 saturated carbocycles. The predicted octanol–water partition coefficient (Wildman–Crippen LogP) is 4.28. The van der Waals surface area contributed by atoms with Crippen molar-refractivity contribution in [1.29, 1.82) is 5.41 Å². The van der Waals surface area contributed by atoms with Crippen LogP contribution in [0.1, 0.15) is 49.6 Å². The predicted molar refractivity (Wildman–Crippen MR) is 151 cm³/mol. The quantitative estimate of drug-likeness (QED) is 0.346. The number of nitrogens with two attached hydrogens (primary N) is 1. The summed E-state index contributed by atoms with van der Waals surface area (Å²) in [7, 11) is 2.15. The smallest absolute Gasteiger partial charge is 0.245 e. The van der Waals surface area contributed by atoms with Crippen molar-refractivity contribution in [3.05, 3.63) is 40.6 Å². The highest BCUT2D eigenvalue weighted by Crippen LogP contribution is 2.55. The number of anilines is 2. The Balaban J connectivity index is 1.59. The van der Waals surface area contributed by atoms with E-state index in [0.717, 1.165) is 73.8 Å². The molecule has 0 atom stereocenters. The molecule has 2 saturated heterocycles. The van der Waals surface area contributed by atoms with Gasteiger partial charge < -0.3 is 25.8 Å². The summed E-state index contributed by atoms with van der Waals surface area (Å²) in [4.78, 5) is 18.6. The molecule has 1 aromatic heterocycles. The lowest BCUT2D eigenvalue weighted by Crippen LogP contribution is -2.63. The van der Waals surface area contributed by atoms with Gasteiger partial charge in [-0.1, -0.05) is 18.2 Å². The van der Waals surface area contributed by atoms with E-state index in [9.17, 15) is 4.79 Å². The average Bonchev–Trinajstić information content (AvgIpc) is 3.09. The van der Waals surface area contributed by atoms with E-state index in [1.54, 1.807) is 0 Å². The molecule has 3 heterocycles. The highest BCUT2D eigenvalue weighted by atomic mass is 35.5. The number of likely N-dealkylation sites (tertiary alicyclic amines) is 1. The minimum atomic E-state index is -0.138. The van der Waals surface area contributed by atoms with Gasteiger partial charge in [0.25, 0.3) is 0 Å². The van der Waals surface area contributed by atoms with Crippen molar-refractivity contribution >= 4 is 35.2 Å². The van der Waals surface area contributed by atoms with Gasteiger partial charge in [0.05, 0.1) is 11.1 Å². The first kappa shape index (κ1) is 25.8. The number of hydrogen-bond donors (Lipinski definition) is 2. The zero-order valence-electron chi connectivity index (χ0n) is 22.6. The molecule has 3 fully saturated rings. The molecule has 2 aromatic rings. The van der Waals surface area contributed by atoms with Crippen LogP contribution in [0.3, 0.4) is 0 Å². The SMILES string of the molecule is C=CC(=O)N1CC2(CC(n3nc(N4CCN(C)CC4(C)C)c(-c4c(Cl)c(C)cc(N)c4C=N)c3C)C2)C1. The molecular formula is C28H38ClN7O. The Morgan fingerprint density at radius 2 is 1.89 bits per heavy atom. The van der Waals surface area contributed by atoms with Gasteiger partial charge in [-0.3, -0.25) is 9.48 Å². The second-order valence-corrected chi connectivity index (χ2v) is 12.3. The van der Waals surface area contributed by atoms with E-state index in [-0.39, 0.29) is 22.9 Å². The van der Waals surface area contributed by atoms with Gasteiger partial charge in [-0.25, -0.2) is 0 Å². The number of amides is 1. The van der Waals surface area contributed by atoms with E-state index in [0.29, 0.717) is 16.3 Å². The maximum atomic E-state index is 12.0. The Bertz CT molecular complexity index is 1280. The van der Waals surface area contributed by atoms with Gasteiger partial charge in [-0.2, -0.15) is 5.10 Å². The minimum absolute atomic E-state index is 0.0112. The van der Waals surface area contributed by atoms with E-state index in [4.69, 9.17) is 27.8 Å². The van der Waals surface area contributed by atoms with Crippen LogP contribution in [0.4, 0.5) is 11.5 Å². The monoisotopic (exact) mass is 523 g/mol. The summed E-state index contributed by atoms with van der Waals surface area (Å²) >= 11 is 6.97. The van der Waals surface area contributed by atoms with Crippen LogP contribution in [-0.4, -0.2) is 77.0 Å². The van der Waals surface area contributed by atoms with Crippen LogP contribution >= 0.6 is 11.6 Å². The van der Waals surface area contributed by atoms with Gasteiger partial charge >= 0.3 is 0 Å². The number of rotatable bonds is 5. The molecule has 1 aromatic carbocycles. The number of nitrogen functional groups attached to an aromatic ring is 1. The first-order chi connectivity index (χ1) is 17.4. The molecule has 3 aliphatic rings. The number of carbonyl (C=O) groups excluding carboxylic acids is 1. The summed E-state index contributed by atoms with van der Waals surface area (Å²) in [6.07, 6.45) is 4.68. The fraction of sp³-hybridized carbons (Fsp3) is 0.536. The number of hydrogen-bond acceptors (Lipinski definition) is 6. The van der Waals surface area contributed by atoms with Gasteiger partial charge in [-0.15, -0.1) is 0 Å². The lowest BCUT2D eigenvalue weighted by molar-refractivity contribution is -0.149. The molecule has 5 rings (SSSR count).